The summed E-state index contributed by atoms with van der Waals surface area (Å²) in [6.07, 6.45) is 0. The normalized spacial score (nSPS) is 13.4. The summed E-state index contributed by atoms with van der Waals surface area (Å²) in [6, 6.07) is 70.9. The summed E-state index contributed by atoms with van der Waals surface area (Å²) in [5, 5.41) is 13.0. The molecule has 3 heterocycles. The van der Waals surface area contributed by atoms with E-state index in [0.29, 0.717) is 5.95 Å². The lowest BCUT2D eigenvalue weighted by Gasteiger charge is -2.23. The molecule has 13 aromatic rings. The predicted octanol–water partition coefficient (Wildman–Crippen LogP) is 15.3. The van der Waals surface area contributed by atoms with Crippen LogP contribution in [-0.4, -0.2) is 19.1 Å². The first-order valence-corrected chi connectivity index (χ1v) is 21.8. The van der Waals surface area contributed by atoms with E-state index in [1.807, 2.05) is 0 Å². The van der Waals surface area contributed by atoms with Crippen molar-refractivity contribution >= 4 is 86.8 Å². The van der Waals surface area contributed by atoms with Gasteiger partial charge in [0.15, 0.2) is 0 Å². The van der Waals surface area contributed by atoms with Crippen molar-refractivity contribution in [2.45, 2.75) is 19.3 Å². The Bertz CT molecular complexity index is 4110. The van der Waals surface area contributed by atoms with Crippen LogP contribution in [0.15, 0.2) is 194 Å². The quantitative estimate of drug-likeness (QED) is 0.167. The van der Waals surface area contributed by atoms with Crippen molar-refractivity contribution in [3.63, 3.8) is 0 Å². The van der Waals surface area contributed by atoms with Crippen LogP contribution in [-0.2, 0) is 5.41 Å². The third kappa shape index (κ3) is 4.64. The predicted molar refractivity (Wildman–Crippen MR) is 264 cm³/mol. The van der Waals surface area contributed by atoms with Crippen LogP contribution in [0, 0.1) is 0 Å². The summed E-state index contributed by atoms with van der Waals surface area (Å²) in [6.45, 7) is 4.75. The molecule has 14 rings (SSSR count). The number of para-hydroxylation sites is 3. The molecule has 0 bridgehead atoms. The van der Waals surface area contributed by atoms with Crippen LogP contribution in [0.2, 0.25) is 0 Å². The summed E-state index contributed by atoms with van der Waals surface area (Å²) in [4.78, 5) is 11.5. The van der Waals surface area contributed by atoms with Crippen LogP contribution in [0.3, 0.4) is 0 Å². The van der Waals surface area contributed by atoms with E-state index in [1.54, 1.807) is 0 Å². The third-order valence-corrected chi connectivity index (χ3v) is 14.1. The second-order valence-corrected chi connectivity index (χ2v) is 17.7. The number of fused-ring (bicyclic) bond motifs is 17. The van der Waals surface area contributed by atoms with Crippen LogP contribution in [0.5, 0.6) is 0 Å². The van der Waals surface area contributed by atoms with Crippen molar-refractivity contribution in [1.82, 2.24) is 19.1 Å². The van der Waals surface area contributed by atoms with Gasteiger partial charge in [0, 0.05) is 49.0 Å². The Morgan fingerprint density at radius 3 is 1.78 bits per heavy atom. The molecule has 0 saturated carbocycles. The lowest BCUT2D eigenvalue weighted by Crippen LogP contribution is -2.15. The molecule has 0 aliphatic heterocycles. The fraction of sp³-hybridized carbons (Fsp3) is 0.0508. The zero-order valence-corrected chi connectivity index (χ0v) is 34.8. The summed E-state index contributed by atoms with van der Waals surface area (Å²) >= 11 is 0. The van der Waals surface area contributed by atoms with E-state index in [-0.39, 0.29) is 5.41 Å². The van der Waals surface area contributed by atoms with E-state index in [1.165, 1.54) is 70.9 Å². The van der Waals surface area contributed by atoms with Crippen molar-refractivity contribution in [2.24, 2.45) is 0 Å². The first-order chi connectivity index (χ1) is 31.0. The van der Waals surface area contributed by atoms with Gasteiger partial charge >= 0.3 is 0 Å². The lowest BCUT2D eigenvalue weighted by atomic mass is 9.80. The molecule has 0 unspecified atom stereocenters. The highest BCUT2D eigenvalue weighted by Gasteiger charge is 2.37. The Morgan fingerprint density at radius 2 is 1.00 bits per heavy atom. The molecule has 0 fully saturated rings. The van der Waals surface area contributed by atoms with E-state index in [2.05, 4.69) is 217 Å². The van der Waals surface area contributed by atoms with Gasteiger partial charge in [0.25, 0.3) is 0 Å². The van der Waals surface area contributed by atoms with Crippen LogP contribution < -0.4 is 0 Å². The number of hydrogen-bond acceptors (Lipinski definition) is 2. The standard InChI is InChI=1S/C59H38N4/c1-59(2)49-25-13-10-20-40(49)44-30-28-35-32-48-42-22-12-15-27-51(42)63(53(48)34-46(35)55(44)59)58-60-56(54-43-23-8-6-18-38(43)39-19-7-9-24-45(39)57(54)61-58)36-29-31-52-47(33-36)41-21-11-14-26-50(41)62(52)37-16-4-3-5-17-37/h3-34H,1-2H3. The Labute approximate surface area is 362 Å². The molecule has 4 heteroatoms. The van der Waals surface area contributed by atoms with Crippen molar-refractivity contribution in [2.75, 3.05) is 0 Å². The second-order valence-electron chi connectivity index (χ2n) is 17.7. The number of nitrogens with zero attached hydrogens (tertiary/aromatic N) is 4. The molecule has 1 aliphatic rings. The average Bonchev–Trinajstić information content (AvgIpc) is 3.93. The van der Waals surface area contributed by atoms with Crippen molar-refractivity contribution < 1.29 is 0 Å². The van der Waals surface area contributed by atoms with Crippen LogP contribution in [0.1, 0.15) is 25.0 Å². The minimum atomic E-state index is -0.162. The highest BCUT2D eigenvalue weighted by Crippen LogP contribution is 2.52. The number of hydrogen-bond donors (Lipinski definition) is 0. The first kappa shape index (κ1) is 34.6. The number of benzene rings is 10. The zero-order chi connectivity index (χ0) is 41.6. The molecule has 294 valence electrons. The molecule has 0 radical (unpaired) electrons. The first-order valence-electron chi connectivity index (χ1n) is 21.8. The summed E-state index contributed by atoms with van der Waals surface area (Å²) in [5.74, 6) is 0.658. The second kappa shape index (κ2) is 12.5. The molecule has 63 heavy (non-hydrogen) atoms. The lowest BCUT2D eigenvalue weighted by molar-refractivity contribution is 0.666. The van der Waals surface area contributed by atoms with Crippen molar-refractivity contribution in [3.8, 4) is 34.0 Å². The highest BCUT2D eigenvalue weighted by atomic mass is 15.2. The smallest absolute Gasteiger partial charge is 0.235 e. The molecule has 0 amide bonds. The Morgan fingerprint density at radius 1 is 0.397 bits per heavy atom. The third-order valence-electron chi connectivity index (χ3n) is 14.1. The highest BCUT2D eigenvalue weighted by molar-refractivity contribution is 6.27. The van der Waals surface area contributed by atoms with Gasteiger partial charge in [0.05, 0.1) is 33.3 Å². The molecule has 10 aromatic carbocycles. The van der Waals surface area contributed by atoms with E-state index in [4.69, 9.17) is 9.97 Å². The minimum Gasteiger partial charge on any atom is -0.309 e. The summed E-state index contributed by atoms with van der Waals surface area (Å²) in [7, 11) is 0. The summed E-state index contributed by atoms with van der Waals surface area (Å²) < 4.78 is 4.70. The number of aromatic nitrogens is 4. The minimum absolute atomic E-state index is 0.162. The molecular weight excluding hydrogens is 765 g/mol. The van der Waals surface area contributed by atoms with Gasteiger partial charge < -0.3 is 4.57 Å². The Balaban J connectivity index is 1.12. The fourth-order valence-corrected chi connectivity index (χ4v) is 11.3. The average molecular weight is 803 g/mol. The molecular formula is C59H38N4. The zero-order valence-electron chi connectivity index (χ0n) is 34.8. The van der Waals surface area contributed by atoms with Crippen LogP contribution in [0.25, 0.3) is 121 Å². The Hall–Kier alpha value is -8.08. The van der Waals surface area contributed by atoms with Crippen LogP contribution in [0.4, 0.5) is 0 Å². The van der Waals surface area contributed by atoms with Crippen molar-refractivity contribution in [1.29, 1.82) is 0 Å². The maximum Gasteiger partial charge on any atom is 0.235 e. The summed E-state index contributed by atoms with van der Waals surface area (Å²) in [5.41, 5.74) is 13.8. The molecule has 3 aromatic heterocycles. The SMILES string of the molecule is CC1(C)c2ccccc2-c2ccc3cc4c5ccccc5n(-c5nc(-c6ccc7c(c6)c6ccccc6n7-c6ccccc6)c6c7ccccc7c7ccccc7c6n5)c4cc3c21. The largest absolute Gasteiger partial charge is 0.309 e. The molecule has 4 nitrogen and oxygen atoms in total. The van der Waals surface area contributed by atoms with Crippen molar-refractivity contribution in [3.05, 3.63) is 205 Å². The molecule has 1 aliphatic carbocycles. The molecule has 0 saturated heterocycles. The number of rotatable bonds is 3. The molecule has 0 spiro atoms. The van der Waals surface area contributed by atoms with Gasteiger partial charge in [0.2, 0.25) is 5.95 Å². The topological polar surface area (TPSA) is 35.6 Å². The molecule has 0 N–H and O–H groups in total. The van der Waals surface area contributed by atoms with Gasteiger partial charge in [-0.25, -0.2) is 9.97 Å². The van der Waals surface area contributed by atoms with E-state index < -0.39 is 0 Å². The van der Waals surface area contributed by atoms with Gasteiger partial charge in [-0.1, -0.05) is 159 Å². The molecule has 0 atom stereocenters. The van der Waals surface area contributed by atoms with Gasteiger partial charge in [-0.05, 0) is 97.7 Å². The van der Waals surface area contributed by atoms with E-state index in [0.717, 1.165) is 55.2 Å². The van der Waals surface area contributed by atoms with Crippen LogP contribution >= 0.6 is 0 Å². The van der Waals surface area contributed by atoms with Gasteiger partial charge in [0.1, 0.15) is 0 Å². The maximum absolute atomic E-state index is 5.78. The maximum atomic E-state index is 5.78. The van der Waals surface area contributed by atoms with E-state index >= 15 is 0 Å². The van der Waals surface area contributed by atoms with Gasteiger partial charge in [-0.3, -0.25) is 4.57 Å². The van der Waals surface area contributed by atoms with Gasteiger partial charge in [-0.15, -0.1) is 0 Å². The monoisotopic (exact) mass is 802 g/mol. The van der Waals surface area contributed by atoms with E-state index in [9.17, 15) is 0 Å². The van der Waals surface area contributed by atoms with Gasteiger partial charge in [-0.2, -0.15) is 0 Å². The fourth-order valence-electron chi connectivity index (χ4n) is 11.3. The Kier molecular flexibility index (Phi) is 6.87.